The van der Waals surface area contributed by atoms with Crippen molar-refractivity contribution in [3.05, 3.63) is 22.2 Å². The maximum absolute atomic E-state index is 9.80. The second-order valence-electron chi connectivity index (χ2n) is 3.10. The molecule has 0 aromatic heterocycles. The van der Waals surface area contributed by atoms with Crippen LogP contribution in [0.5, 0.6) is 11.5 Å². The van der Waals surface area contributed by atoms with Crippen molar-refractivity contribution in [1.29, 1.82) is 5.26 Å². The molecule has 86 valence electrons. The zero-order chi connectivity index (χ0) is 12.1. The van der Waals surface area contributed by atoms with Crippen LogP contribution >= 0.6 is 15.9 Å². The standard InChI is InChI=1S/C11H12BrNO3/c1-15-7-5-8(12)11(9(14)3-4-13)10(6-7)16-2/h5-6,9,14H,3H2,1-2H3. The number of nitrogens with zero attached hydrogens (tertiary/aromatic N) is 1. The van der Waals surface area contributed by atoms with Crippen LogP contribution in [0.4, 0.5) is 0 Å². The Morgan fingerprint density at radius 1 is 1.44 bits per heavy atom. The summed E-state index contributed by atoms with van der Waals surface area (Å²) in [4.78, 5) is 0. The van der Waals surface area contributed by atoms with E-state index in [1.165, 1.54) is 7.11 Å². The number of hydrogen-bond acceptors (Lipinski definition) is 4. The molecule has 1 unspecified atom stereocenters. The van der Waals surface area contributed by atoms with Crippen LogP contribution in [-0.4, -0.2) is 19.3 Å². The van der Waals surface area contributed by atoms with Crippen molar-refractivity contribution >= 4 is 15.9 Å². The van der Waals surface area contributed by atoms with E-state index in [0.29, 0.717) is 21.5 Å². The first-order chi connectivity index (χ1) is 7.63. The van der Waals surface area contributed by atoms with Gasteiger partial charge < -0.3 is 14.6 Å². The Hall–Kier alpha value is -1.25. The van der Waals surface area contributed by atoms with Crippen molar-refractivity contribution in [2.75, 3.05) is 14.2 Å². The van der Waals surface area contributed by atoms with Gasteiger partial charge in [0.2, 0.25) is 0 Å². The van der Waals surface area contributed by atoms with Gasteiger partial charge in [0, 0.05) is 16.1 Å². The van der Waals surface area contributed by atoms with Gasteiger partial charge in [-0.05, 0) is 6.07 Å². The van der Waals surface area contributed by atoms with Gasteiger partial charge in [0.25, 0.3) is 0 Å². The molecule has 4 nitrogen and oxygen atoms in total. The van der Waals surface area contributed by atoms with E-state index in [9.17, 15) is 5.11 Å². The average Bonchev–Trinajstić information content (AvgIpc) is 2.27. The minimum Gasteiger partial charge on any atom is -0.497 e. The van der Waals surface area contributed by atoms with E-state index < -0.39 is 6.10 Å². The highest BCUT2D eigenvalue weighted by molar-refractivity contribution is 9.10. The van der Waals surface area contributed by atoms with Crippen LogP contribution in [0.1, 0.15) is 18.1 Å². The molecule has 16 heavy (non-hydrogen) atoms. The molecule has 0 aliphatic rings. The number of rotatable bonds is 4. The lowest BCUT2D eigenvalue weighted by atomic mass is 10.1. The maximum Gasteiger partial charge on any atom is 0.129 e. The summed E-state index contributed by atoms with van der Waals surface area (Å²) in [6, 6.07) is 5.30. The van der Waals surface area contributed by atoms with Gasteiger partial charge in [0.1, 0.15) is 11.5 Å². The summed E-state index contributed by atoms with van der Waals surface area (Å²) in [5, 5.41) is 18.4. The van der Waals surface area contributed by atoms with Gasteiger partial charge in [-0.15, -0.1) is 0 Å². The second-order valence-corrected chi connectivity index (χ2v) is 3.96. The molecule has 1 aromatic rings. The molecule has 0 bridgehead atoms. The Kier molecular flexibility index (Phi) is 4.59. The van der Waals surface area contributed by atoms with E-state index in [1.54, 1.807) is 19.2 Å². The van der Waals surface area contributed by atoms with Gasteiger partial charge in [-0.3, -0.25) is 0 Å². The molecule has 0 saturated heterocycles. The summed E-state index contributed by atoms with van der Waals surface area (Å²) in [7, 11) is 3.05. The van der Waals surface area contributed by atoms with Gasteiger partial charge in [-0.25, -0.2) is 0 Å². The largest absolute Gasteiger partial charge is 0.497 e. The summed E-state index contributed by atoms with van der Waals surface area (Å²) in [6.45, 7) is 0. The smallest absolute Gasteiger partial charge is 0.129 e. The van der Waals surface area contributed by atoms with Crippen LogP contribution in [0.15, 0.2) is 16.6 Å². The third-order valence-corrected chi connectivity index (χ3v) is 2.79. The van der Waals surface area contributed by atoms with Crippen LogP contribution in [-0.2, 0) is 0 Å². The van der Waals surface area contributed by atoms with Crippen LogP contribution in [0, 0.1) is 11.3 Å². The van der Waals surface area contributed by atoms with Gasteiger partial charge in [-0.2, -0.15) is 5.26 Å². The fourth-order valence-corrected chi connectivity index (χ4v) is 2.05. The highest BCUT2D eigenvalue weighted by atomic mass is 79.9. The SMILES string of the molecule is COc1cc(Br)c(C(O)CC#N)c(OC)c1. The first-order valence-electron chi connectivity index (χ1n) is 4.60. The van der Waals surface area contributed by atoms with Gasteiger partial charge in [-0.1, -0.05) is 15.9 Å². The van der Waals surface area contributed by atoms with E-state index in [1.807, 2.05) is 6.07 Å². The van der Waals surface area contributed by atoms with Crippen LogP contribution < -0.4 is 9.47 Å². The molecule has 1 aromatic carbocycles. The van der Waals surface area contributed by atoms with E-state index in [2.05, 4.69) is 15.9 Å². The zero-order valence-electron chi connectivity index (χ0n) is 9.03. The molecule has 5 heteroatoms. The minimum absolute atomic E-state index is 0.0152. The number of aliphatic hydroxyl groups is 1. The first-order valence-corrected chi connectivity index (χ1v) is 5.39. The minimum atomic E-state index is -0.875. The van der Waals surface area contributed by atoms with Crippen LogP contribution in [0.3, 0.4) is 0 Å². The molecule has 0 fully saturated rings. The molecule has 0 amide bonds. The molecule has 1 N–H and O–H groups in total. The quantitative estimate of drug-likeness (QED) is 0.923. The van der Waals surface area contributed by atoms with Crippen molar-refractivity contribution in [3.63, 3.8) is 0 Å². The van der Waals surface area contributed by atoms with Crippen molar-refractivity contribution in [3.8, 4) is 17.6 Å². The number of ether oxygens (including phenoxy) is 2. The number of nitriles is 1. The van der Waals surface area contributed by atoms with Crippen molar-refractivity contribution in [1.82, 2.24) is 0 Å². The van der Waals surface area contributed by atoms with E-state index in [0.717, 1.165) is 0 Å². The molecule has 0 saturated carbocycles. The fraction of sp³-hybridized carbons (Fsp3) is 0.364. The Labute approximate surface area is 103 Å². The second kappa shape index (κ2) is 5.73. The predicted octanol–water partition coefficient (Wildman–Crippen LogP) is 2.41. The van der Waals surface area contributed by atoms with Crippen LogP contribution in [0.25, 0.3) is 0 Å². The van der Waals surface area contributed by atoms with Crippen LogP contribution in [0.2, 0.25) is 0 Å². The molecular formula is C11H12BrNO3. The summed E-state index contributed by atoms with van der Waals surface area (Å²) >= 11 is 3.32. The summed E-state index contributed by atoms with van der Waals surface area (Å²) < 4.78 is 10.9. The van der Waals surface area contributed by atoms with E-state index in [4.69, 9.17) is 14.7 Å². The predicted molar refractivity (Wildman–Crippen MR) is 62.4 cm³/mol. The fourth-order valence-electron chi connectivity index (χ4n) is 1.37. The lowest BCUT2D eigenvalue weighted by Gasteiger charge is -2.15. The molecule has 1 atom stereocenters. The third kappa shape index (κ3) is 2.65. The molecule has 0 heterocycles. The lowest BCUT2D eigenvalue weighted by Crippen LogP contribution is -2.01. The topological polar surface area (TPSA) is 62.5 Å². The zero-order valence-corrected chi connectivity index (χ0v) is 10.6. The summed E-state index contributed by atoms with van der Waals surface area (Å²) in [5.74, 6) is 1.12. The molecule has 1 rings (SSSR count). The Morgan fingerprint density at radius 3 is 2.62 bits per heavy atom. The van der Waals surface area contributed by atoms with E-state index >= 15 is 0 Å². The highest BCUT2D eigenvalue weighted by Crippen LogP contribution is 2.37. The average molecular weight is 286 g/mol. The normalized spacial score (nSPS) is 11.7. The number of benzene rings is 1. The number of aliphatic hydroxyl groups excluding tert-OH is 1. The van der Waals surface area contributed by atoms with Gasteiger partial charge in [0.15, 0.2) is 0 Å². The molecule has 0 spiro atoms. The van der Waals surface area contributed by atoms with Crippen molar-refractivity contribution < 1.29 is 14.6 Å². The molecular weight excluding hydrogens is 274 g/mol. The van der Waals surface area contributed by atoms with Gasteiger partial charge >= 0.3 is 0 Å². The summed E-state index contributed by atoms with van der Waals surface area (Å²) in [6.07, 6.45) is -0.860. The van der Waals surface area contributed by atoms with Crippen molar-refractivity contribution in [2.24, 2.45) is 0 Å². The number of halogens is 1. The molecule has 0 radical (unpaired) electrons. The summed E-state index contributed by atoms with van der Waals surface area (Å²) in [5.41, 5.74) is 0.560. The number of hydrogen-bond donors (Lipinski definition) is 1. The first kappa shape index (κ1) is 12.8. The number of methoxy groups -OCH3 is 2. The maximum atomic E-state index is 9.80. The highest BCUT2D eigenvalue weighted by Gasteiger charge is 2.18. The lowest BCUT2D eigenvalue weighted by molar-refractivity contribution is 0.178. The third-order valence-electron chi connectivity index (χ3n) is 2.14. The molecule has 0 aliphatic carbocycles. The van der Waals surface area contributed by atoms with E-state index in [-0.39, 0.29) is 6.42 Å². The Bertz CT molecular complexity index is 414. The van der Waals surface area contributed by atoms with Crippen molar-refractivity contribution in [2.45, 2.75) is 12.5 Å². The van der Waals surface area contributed by atoms with Gasteiger partial charge in [0.05, 0.1) is 32.8 Å². The monoisotopic (exact) mass is 285 g/mol. The Balaban J connectivity index is 3.22. The molecule has 0 aliphatic heterocycles. The Morgan fingerprint density at radius 2 is 2.12 bits per heavy atom.